The summed E-state index contributed by atoms with van der Waals surface area (Å²) in [5.41, 5.74) is 4.59. The number of para-hydroxylation sites is 1. The van der Waals surface area contributed by atoms with Crippen molar-refractivity contribution < 1.29 is 19.4 Å². The van der Waals surface area contributed by atoms with E-state index in [9.17, 15) is 9.59 Å². The Bertz CT molecular complexity index is 1050. The standard InChI is InChI=1S/C22H17ClN2O4/c23-19-6-3-5-17(12-19)21(26)25-24-13-18-4-1-2-7-20(18)29-14-15-8-10-16(11-9-15)22(27)28/h1-13H,14H2,(H,25,26)(H,27,28)/b24-13-. The van der Waals surface area contributed by atoms with Crippen molar-refractivity contribution in [2.24, 2.45) is 5.10 Å². The highest BCUT2D eigenvalue weighted by atomic mass is 35.5. The van der Waals surface area contributed by atoms with E-state index in [4.69, 9.17) is 21.4 Å². The monoisotopic (exact) mass is 408 g/mol. The van der Waals surface area contributed by atoms with E-state index in [0.717, 1.165) is 5.56 Å². The number of halogens is 1. The number of hydrogen-bond acceptors (Lipinski definition) is 4. The fraction of sp³-hybridized carbons (Fsp3) is 0.0455. The molecule has 0 bridgehead atoms. The van der Waals surface area contributed by atoms with E-state index in [1.807, 2.05) is 12.1 Å². The predicted molar refractivity (Wildman–Crippen MR) is 111 cm³/mol. The van der Waals surface area contributed by atoms with E-state index in [1.165, 1.54) is 18.3 Å². The molecule has 0 unspecified atom stereocenters. The van der Waals surface area contributed by atoms with Gasteiger partial charge in [0.25, 0.3) is 5.91 Å². The Hall–Kier alpha value is -3.64. The number of aromatic carboxylic acids is 1. The van der Waals surface area contributed by atoms with Crippen LogP contribution in [0.25, 0.3) is 0 Å². The third-order valence-corrected chi connectivity index (χ3v) is 4.21. The van der Waals surface area contributed by atoms with Crippen LogP contribution in [0, 0.1) is 0 Å². The highest BCUT2D eigenvalue weighted by Crippen LogP contribution is 2.18. The molecule has 3 aromatic rings. The normalized spacial score (nSPS) is 10.7. The van der Waals surface area contributed by atoms with Gasteiger partial charge in [0, 0.05) is 16.1 Å². The van der Waals surface area contributed by atoms with E-state index < -0.39 is 5.97 Å². The summed E-state index contributed by atoms with van der Waals surface area (Å²) in [5.74, 6) is -0.768. The second-order valence-electron chi connectivity index (χ2n) is 6.04. The lowest BCUT2D eigenvalue weighted by Gasteiger charge is -2.09. The molecule has 0 radical (unpaired) electrons. The Morgan fingerprint density at radius 3 is 2.48 bits per heavy atom. The highest BCUT2D eigenvalue weighted by Gasteiger charge is 2.06. The number of carbonyl (C=O) groups is 2. The first-order valence-corrected chi connectivity index (χ1v) is 9.04. The van der Waals surface area contributed by atoms with Crippen LogP contribution in [0.5, 0.6) is 5.75 Å². The van der Waals surface area contributed by atoms with Gasteiger partial charge in [0.2, 0.25) is 0 Å². The molecule has 3 aromatic carbocycles. The van der Waals surface area contributed by atoms with Crippen molar-refractivity contribution in [3.8, 4) is 5.75 Å². The second kappa shape index (κ2) is 9.52. The Kier molecular flexibility index (Phi) is 6.60. The quantitative estimate of drug-likeness (QED) is 0.448. The maximum Gasteiger partial charge on any atom is 0.335 e. The average molecular weight is 409 g/mol. The van der Waals surface area contributed by atoms with Gasteiger partial charge in [0.1, 0.15) is 12.4 Å². The number of benzene rings is 3. The van der Waals surface area contributed by atoms with E-state index in [0.29, 0.717) is 21.9 Å². The number of rotatable bonds is 7. The van der Waals surface area contributed by atoms with E-state index in [1.54, 1.807) is 48.5 Å². The molecule has 0 atom stereocenters. The highest BCUT2D eigenvalue weighted by molar-refractivity contribution is 6.30. The van der Waals surface area contributed by atoms with Crippen LogP contribution < -0.4 is 10.2 Å². The third kappa shape index (κ3) is 5.67. The molecule has 0 fully saturated rings. The molecule has 6 nitrogen and oxygen atoms in total. The number of carboxylic acid groups (broad SMARTS) is 1. The SMILES string of the molecule is O=C(O)c1ccc(COc2ccccc2/C=N\NC(=O)c2cccc(Cl)c2)cc1. The minimum atomic E-state index is -0.973. The molecule has 0 saturated carbocycles. The van der Waals surface area contributed by atoms with Crippen molar-refractivity contribution in [3.05, 3.63) is 100 Å². The van der Waals surface area contributed by atoms with Crippen LogP contribution in [0.3, 0.4) is 0 Å². The average Bonchev–Trinajstić information content (AvgIpc) is 2.73. The fourth-order valence-electron chi connectivity index (χ4n) is 2.48. The van der Waals surface area contributed by atoms with Gasteiger partial charge in [-0.1, -0.05) is 41.9 Å². The number of carbonyl (C=O) groups excluding carboxylic acids is 1. The van der Waals surface area contributed by atoms with Gasteiger partial charge in [0.15, 0.2) is 0 Å². The summed E-state index contributed by atoms with van der Waals surface area (Å²) >= 11 is 5.88. The van der Waals surface area contributed by atoms with Crippen LogP contribution in [-0.4, -0.2) is 23.2 Å². The lowest BCUT2D eigenvalue weighted by Crippen LogP contribution is -2.17. The summed E-state index contributed by atoms with van der Waals surface area (Å²) < 4.78 is 5.81. The van der Waals surface area contributed by atoms with Gasteiger partial charge in [-0.2, -0.15) is 5.10 Å². The molecular formula is C22H17ClN2O4. The Labute approximate surface area is 172 Å². The van der Waals surface area contributed by atoms with Crippen LogP contribution in [0.2, 0.25) is 5.02 Å². The zero-order valence-corrected chi connectivity index (χ0v) is 16.0. The maximum atomic E-state index is 12.1. The minimum Gasteiger partial charge on any atom is -0.488 e. The molecule has 1 amide bonds. The molecule has 0 saturated heterocycles. The summed E-state index contributed by atoms with van der Waals surface area (Å²) in [6.07, 6.45) is 1.49. The molecule has 0 heterocycles. The first-order chi connectivity index (χ1) is 14.0. The van der Waals surface area contributed by atoms with Crippen LogP contribution in [0.15, 0.2) is 77.9 Å². The number of nitrogens with zero attached hydrogens (tertiary/aromatic N) is 1. The molecular weight excluding hydrogens is 392 g/mol. The van der Waals surface area contributed by atoms with Crippen molar-refractivity contribution in [2.75, 3.05) is 0 Å². The van der Waals surface area contributed by atoms with Crippen molar-refractivity contribution in [1.29, 1.82) is 0 Å². The number of carboxylic acids is 1. The third-order valence-electron chi connectivity index (χ3n) is 3.97. The van der Waals surface area contributed by atoms with Crippen molar-refractivity contribution >= 4 is 29.7 Å². The number of ether oxygens (including phenoxy) is 1. The lowest BCUT2D eigenvalue weighted by molar-refractivity contribution is 0.0696. The number of amides is 1. The second-order valence-corrected chi connectivity index (χ2v) is 6.47. The zero-order chi connectivity index (χ0) is 20.6. The fourth-order valence-corrected chi connectivity index (χ4v) is 2.67. The first kappa shape index (κ1) is 20.1. The van der Waals surface area contributed by atoms with Gasteiger partial charge >= 0.3 is 5.97 Å². The predicted octanol–water partition coefficient (Wildman–Crippen LogP) is 4.38. The van der Waals surface area contributed by atoms with Gasteiger partial charge in [0.05, 0.1) is 11.8 Å². The molecule has 3 rings (SSSR count). The van der Waals surface area contributed by atoms with Crippen molar-refractivity contribution in [2.45, 2.75) is 6.61 Å². The molecule has 146 valence electrons. The van der Waals surface area contributed by atoms with Gasteiger partial charge in [-0.25, -0.2) is 10.2 Å². The van der Waals surface area contributed by atoms with Crippen LogP contribution in [0.1, 0.15) is 31.8 Å². The number of hydrazone groups is 1. The summed E-state index contributed by atoms with van der Waals surface area (Å²) in [7, 11) is 0. The molecule has 2 N–H and O–H groups in total. The molecule has 0 aliphatic carbocycles. The lowest BCUT2D eigenvalue weighted by atomic mass is 10.1. The molecule has 0 aliphatic rings. The smallest absolute Gasteiger partial charge is 0.335 e. The number of nitrogens with one attached hydrogen (secondary N) is 1. The van der Waals surface area contributed by atoms with Crippen LogP contribution in [-0.2, 0) is 6.61 Å². The van der Waals surface area contributed by atoms with Gasteiger partial charge in [-0.05, 0) is 48.0 Å². The minimum absolute atomic E-state index is 0.219. The van der Waals surface area contributed by atoms with Crippen LogP contribution in [0.4, 0.5) is 0 Å². The Morgan fingerprint density at radius 1 is 1.00 bits per heavy atom. The summed E-state index contributed by atoms with van der Waals surface area (Å²) in [5, 5.41) is 13.4. The van der Waals surface area contributed by atoms with E-state index >= 15 is 0 Å². The molecule has 7 heteroatoms. The van der Waals surface area contributed by atoms with Crippen molar-refractivity contribution in [3.63, 3.8) is 0 Å². The van der Waals surface area contributed by atoms with Gasteiger partial charge < -0.3 is 9.84 Å². The topological polar surface area (TPSA) is 88.0 Å². The zero-order valence-electron chi connectivity index (χ0n) is 15.2. The van der Waals surface area contributed by atoms with E-state index in [2.05, 4.69) is 10.5 Å². The largest absolute Gasteiger partial charge is 0.488 e. The maximum absolute atomic E-state index is 12.1. The molecule has 29 heavy (non-hydrogen) atoms. The van der Waals surface area contributed by atoms with Crippen LogP contribution >= 0.6 is 11.6 Å². The van der Waals surface area contributed by atoms with E-state index in [-0.39, 0.29) is 18.1 Å². The Morgan fingerprint density at radius 2 is 1.76 bits per heavy atom. The summed E-state index contributed by atoms with van der Waals surface area (Å²) in [4.78, 5) is 23.0. The van der Waals surface area contributed by atoms with Gasteiger partial charge in [-0.3, -0.25) is 4.79 Å². The summed E-state index contributed by atoms with van der Waals surface area (Å²) in [6.45, 7) is 0.264. The molecule has 0 aliphatic heterocycles. The summed E-state index contributed by atoms with van der Waals surface area (Å²) in [6, 6.07) is 20.3. The van der Waals surface area contributed by atoms with Crippen molar-refractivity contribution in [1.82, 2.24) is 5.43 Å². The Balaban J connectivity index is 1.63. The van der Waals surface area contributed by atoms with Gasteiger partial charge in [-0.15, -0.1) is 0 Å². The number of hydrogen-bond donors (Lipinski definition) is 2. The first-order valence-electron chi connectivity index (χ1n) is 8.66. The molecule has 0 spiro atoms. The molecule has 0 aromatic heterocycles.